The topological polar surface area (TPSA) is 54.9 Å². The van der Waals surface area contributed by atoms with Gasteiger partial charge in [0, 0.05) is 5.69 Å². The van der Waals surface area contributed by atoms with Crippen molar-refractivity contribution in [2.45, 2.75) is 41.5 Å². The van der Waals surface area contributed by atoms with Gasteiger partial charge in [0.2, 0.25) is 5.91 Å². The monoisotopic (exact) mass is 323 g/mol. The zero-order valence-corrected chi connectivity index (χ0v) is 15.3. The Hall–Kier alpha value is -2.23. The van der Waals surface area contributed by atoms with E-state index in [4.69, 9.17) is 0 Å². The van der Waals surface area contributed by atoms with Gasteiger partial charge < -0.3 is 5.32 Å². The van der Waals surface area contributed by atoms with E-state index in [0.29, 0.717) is 5.92 Å². The first kappa shape index (κ1) is 16.6. The summed E-state index contributed by atoms with van der Waals surface area (Å²) in [4.78, 5) is 21.8. The fourth-order valence-corrected chi connectivity index (χ4v) is 3.38. The Balaban J connectivity index is 1.81. The molecule has 1 fully saturated rings. The standard InChI is InChI=1S/C20H25N3O/c1-11(2)9-15-18(20(15,5)6)19(24)23-14-7-8-16-17(10-14)22-13(4)12(3)21-16/h7-10,15,18H,1-6H3,(H,23,24)/t15-,18-/m0/s1. The summed E-state index contributed by atoms with van der Waals surface area (Å²) in [6.07, 6.45) is 2.21. The molecule has 2 atom stereocenters. The Kier molecular flexibility index (Phi) is 3.94. The highest BCUT2D eigenvalue weighted by atomic mass is 16.2. The zero-order chi connectivity index (χ0) is 17.6. The predicted molar refractivity (Wildman–Crippen MR) is 97.8 cm³/mol. The molecule has 1 heterocycles. The van der Waals surface area contributed by atoms with E-state index in [1.165, 1.54) is 5.57 Å². The van der Waals surface area contributed by atoms with E-state index in [0.717, 1.165) is 28.1 Å². The van der Waals surface area contributed by atoms with Gasteiger partial charge in [-0.1, -0.05) is 25.5 Å². The highest BCUT2D eigenvalue weighted by Gasteiger charge is 2.60. The summed E-state index contributed by atoms with van der Waals surface area (Å²) < 4.78 is 0. The van der Waals surface area contributed by atoms with Crippen molar-refractivity contribution < 1.29 is 4.79 Å². The lowest BCUT2D eigenvalue weighted by Gasteiger charge is -2.08. The second-order valence-electron chi connectivity index (χ2n) is 7.66. The lowest BCUT2D eigenvalue weighted by molar-refractivity contribution is -0.118. The van der Waals surface area contributed by atoms with Crippen LogP contribution in [0.3, 0.4) is 0 Å². The number of allylic oxidation sites excluding steroid dienone is 2. The van der Waals surface area contributed by atoms with Crippen molar-refractivity contribution in [3.05, 3.63) is 41.2 Å². The van der Waals surface area contributed by atoms with E-state index in [1.807, 2.05) is 32.0 Å². The molecule has 0 aliphatic heterocycles. The smallest absolute Gasteiger partial charge is 0.228 e. The summed E-state index contributed by atoms with van der Waals surface area (Å²) in [5.41, 5.74) is 5.57. The highest BCUT2D eigenvalue weighted by Crippen LogP contribution is 2.59. The molecule has 1 aromatic heterocycles. The molecule has 1 aliphatic carbocycles. The minimum atomic E-state index is 0.0196. The first-order valence-electron chi connectivity index (χ1n) is 8.41. The lowest BCUT2D eigenvalue weighted by Crippen LogP contribution is -2.16. The number of rotatable bonds is 3. The molecule has 1 aliphatic rings. The average molecular weight is 323 g/mol. The summed E-state index contributed by atoms with van der Waals surface area (Å²) >= 11 is 0. The van der Waals surface area contributed by atoms with Crippen molar-refractivity contribution in [2.24, 2.45) is 17.3 Å². The molecule has 4 heteroatoms. The van der Waals surface area contributed by atoms with Gasteiger partial charge in [-0.2, -0.15) is 0 Å². The third-order valence-electron chi connectivity index (χ3n) is 5.05. The molecule has 1 saturated carbocycles. The van der Waals surface area contributed by atoms with E-state index < -0.39 is 0 Å². The third-order valence-corrected chi connectivity index (χ3v) is 5.05. The minimum Gasteiger partial charge on any atom is -0.326 e. The molecule has 24 heavy (non-hydrogen) atoms. The number of amides is 1. The number of benzene rings is 1. The van der Waals surface area contributed by atoms with Crippen molar-refractivity contribution >= 4 is 22.6 Å². The molecular formula is C20H25N3O. The van der Waals surface area contributed by atoms with Crippen molar-refractivity contribution in [2.75, 3.05) is 5.32 Å². The number of anilines is 1. The molecule has 0 spiro atoms. The number of hydrogen-bond acceptors (Lipinski definition) is 3. The first-order chi connectivity index (χ1) is 11.2. The van der Waals surface area contributed by atoms with Gasteiger partial charge in [0.15, 0.2) is 0 Å². The van der Waals surface area contributed by atoms with Gasteiger partial charge in [-0.15, -0.1) is 0 Å². The number of aryl methyl sites for hydroxylation is 2. The van der Waals surface area contributed by atoms with Crippen LogP contribution in [0.5, 0.6) is 0 Å². The van der Waals surface area contributed by atoms with Crippen LogP contribution in [-0.4, -0.2) is 15.9 Å². The third kappa shape index (κ3) is 2.93. The molecule has 1 amide bonds. The van der Waals surface area contributed by atoms with Gasteiger partial charge in [0.05, 0.1) is 28.3 Å². The number of hydrogen-bond donors (Lipinski definition) is 1. The summed E-state index contributed by atoms with van der Waals surface area (Å²) in [5.74, 6) is 0.417. The van der Waals surface area contributed by atoms with Crippen LogP contribution in [0.1, 0.15) is 39.1 Å². The fraction of sp³-hybridized carbons (Fsp3) is 0.450. The van der Waals surface area contributed by atoms with Gasteiger partial charge >= 0.3 is 0 Å². The molecule has 4 nitrogen and oxygen atoms in total. The van der Waals surface area contributed by atoms with Crippen LogP contribution in [-0.2, 0) is 4.79 Å². The SMILES string of the molecule is CC(C)=C[C@H]1[C@@H](C(=O)Nc2ccc3nc(C)c(C)nc3c2)C1(C)C. The number of carbonyl (C=O) groups excluding carboxylic acids is 1. The molecule has 0 unspecified atom stereocenters. The summed E-state index contributed by atoms with van der Waals surface area (Å²) in [5, 5.41) is 3.05. The molecule has 3 rings (SSSR count). The molecule has 1 aromatic carbocycles. The van der Waals surface area contributed by atoms with Gasteiger partial charge in [0.1, 0.15) is 0 Å². The van der Waals surface area contributed by atoms with E-state index in [9.17, 15) is 4.79 Å². The maximum Gasteiger partial charge on any atom is 0.228 e. The number of fused-ring (bicyclic) bond motifs is 1. The number of carbonyl (C=O) groups is 1. The Morgan fingerprint density at radius 2 is 1.75 bits per heavy atom. The maximum atomic E-state index is 12.7. The van der Waals surface area contributed by atoms with Crippen molar-refractivity contribution in [3.8, 4) is 0 Å². The quantitative estimate of drug-likeness (QED) is 0.851. The predicted octanol–water partition coefficient (Wildman–Crippen LogP) is 4.42. The van der Waals surface area contributed by atoms with Gasteiger partial charge in [0.25, 0.3) is 0 Å². The van der Waals surface area contributed by atoms with E-state index >= 15 is 0 Å². The van der Waals surface area contributed by atoms with Crippen molar-refractivity contribution in [1.29, 1.82) is 0 Å². The van der Waals surface area contributed by atoms with E-state index in [1.54, 1.807) is 0 Å². The Morgan fingerprint density at radius 3 is 2.38 bits per heavy atom. The Bertz CT molecular complexity index is 847. The second kappa shape index (κ2) is 5.69. The zero-order valence-electron chi connectivity index (χ0n) is 15.3. The van der Waals surface area contributed by atoms with Gasteiger partial charge in [-0.3, -0.25) is 4.79 Å². The fourth-order valence-electron chi connectivity index (χ4n) is 3.38. The summed E-state index contributed by atoms with van der Waals surface area (Å²) in [7, 11) is 0. The summed E-state index contributed by atoms with van der Waals surface area (Å²) in [6, 6.07) is 5.71. The van der Waals surface area contributed by atoms with Gasteiger partial charge in [-0.25, -0.2) is 9.97 Å². The van der Waals surface area contributed by atoms with Crippen molar-refractivity contribution in [3.63, 3.8) is 0 Å². The van der Waals surface area contributed by atoms with Crippen LogP contribution in [0.2, 0.25) is 0 Å². The van der Waals surface area contributed by atoms with Crippen LogP contribution < -0.4 is 5.32 Å². The molecule has 1 N–H and O–H groups in total. The van der Waals surface area contributed by atoms with Crippen LogP contribution in [0, 0.1) is 31.1 Å². The Morgan fingerprint density at radius 1 is 1.12 bits per heavy atom. The molecular weight excluding hydrogens is 298 g/mol. The molecule has 0 saturated heterocycles. The molecule has 0 bridgehead atoms. The normalized spacial score (nSPS) is 21.4. The van der Waals surface area contributed by atoms with E-state index in [-0.39, 0.29) is 17.2 Å². The summed E-state index contributed by atoms with van der Waals surface area (Å²) in [6.45, 7) is 12.4. The van der Waals surface area contributed by atoms with Crippen LogP contribution in [0.4, 0.5) is 5.69 Å². The van der Waals surface area contributed by atoms with Gasteiger partial charge in [-0.05, 0) is 57.2 Å². The van der Waals surface area contributed by atoms with Crippen molar-refractivity contribution in [1.82, 2.24) is 9.97 Å². The maximum absolute atomic E-state index is 12.7. The molecule has 0 radical (unpaired) electrons. The highest BCUT2D eigenvalue weighted by molar-refractivity contribution is 5.97. The second-order valence-corrected chi connectivity index (χ2v) is 7.66. The first-order valence-corrected chi connectivity index (χ1v) is 8.41. The number of nitrogens with one attached hydrogen (secondary N) is 1. The van der Waals surface area contributed by atoms with Crippen LogP contribution >= 0.6 is 0 Å². The minimum absolute atomic E-state index is 0.0196. The Labute approximate surface area is 143 Å². The van der Waals surface area contributed by atoms with Crippen LogP contribution in [0.25, 0.3) is 11.0 Å². The largest absolute Gasteiger partial charge is 0.326 e. The van der Waals surface area contributed by atoms with Crippen LogP contribution in [0.15, 0.2) is 29.8 Å². The average Bonchev–Trinajstić information content (AvgIpc) is 3.00. The molecule has 126 valence electrons. The lowest BCUT2D eigenvalue weighted by atomic mass is 10.1. The number of aromatic nitrogens is 2. The number of nitrogens with zero attached hydrogens (tertiary/aromatic N) is 2. The van der Waals surface area contributed by atoms with E-state index in [2.05, 4.69) is 49.1 Å². The molecule has 2 aromatic rings.